The summed E-state index contributed by atoms with van der Waals surface area (Å²) in [6.07, 6.45) is 3.68. The first-order valence-electron chi connectivity index (χ1n) is 3.99. The van der Waals surface area contributed by atoms with Crippen LogP contribution in [-0.2, 0) is 0 Å². The van der Waals surface area contributed by atoms with E-state index in [2.05, 4.69) is 22.9 Å². The highest BCUT2D eigenvalue weighted by Crippen LogP contribution is 1.92. The maximum Gasteiger partial charge on any atom is 0.0892 e. The van der Waals surface area contributed by atoms with Gasteiger partial charge in [0, 0.05) is 13.1 Å². The molecule has 2 nitrogen and oxygen atoms in total. The summed E-state index contributed by atoms with van der Waals surface area (Å²) in [5, 5.41) is 0. The van der Waals surface area contributed by atoms with Crippen molar-refractivity contribution in [2.24, 2.45) is 9.98 Å². The molecule has 0 unspecified atom stereocenters. The summed E-state index contributed by atoms with van der Waals surface area (Å²) in [4.78, 5) is 7.83. The van der Waals surface area contributed by atoms with Crippen molar-refractivity contribution in [2.75, 3.05) is 13.1 Å². The van der Waals surface area contributed by atoms with E-state index in [0.29, 0.717) is 0 Å². The van der Waals surface area contributed by atoms with E-state index in [1.165, 1.54) is 19.3 Å². The third kappa shape index (κ3) is 7.38. The molecule has 0 atom stereocenters. The molecule has 0 saturated carbocycles. The standard InChI is InChI=1S/C8H16N2/c1-3-5-6-7-10-8-9-4-2/h3-7H2,1-2H3. The molecule has 0 N–H and O–H groups in total. The van der Waals surface area contributed by atoms with Gasteiger partial charge in [-0.3, -0.25) is 0 Å². The van der Waals surface area contributed by atoms with Crippen molar-refractivity contribution in [2.45, 2.75) is 33.1 Å². The van der Waals surface area contributed by atoms with Crippen LogP contribution in [-0.4, -0.2) is 19.1 Å². The molecule has 0 heterocycles. The first-order valence-corrected chi connectivity index (χ1v) is 3.99. The molecular weight excluding hydrogens is 124 g/mol. The Hall–Kier alpha value is -0.620. The monoisotopic (exact) mass is 140 g/mol. The summed E-state index contributed by atoms with van der Waals surface area (Å²) in [6.45, 7) is 5.84. The second-order valence-corrected chi connectivity index (χ2v) is 2.16. The van der Waals surface area contributed by atoms with Crippen LogP contribution < -0.4 is 0 Å². The zero-order valence-corrected chi connectivity index (χ0v) is 6.93. The summed E-state index contributed by atoms with van der Waals surface area (Å²) in [6, 6.07) is 2.64. The molecule has 0 radical (unpaired) electrons. The third-order valence-electron chi connectivity index (χ3n) is 1.17. The lowest BCUT2D eigenvalue weighted by molar-refractivity contribution is 0.729. The Morgan fingerprint density at radius 2 is 1.90 bits per heavy atom. The van der Waals surface area contributed by atoms with Crippen molar-refractivity contribution in [3.63, 3.8) is 0 Å². The quantitative estimate of drug-likeness (QED) is 0.414. The minimum atomic E-state index is 0.789. The topological polar surface area (TPSA) is 24.7 Å². The number of unbranched alkanes of at least 4 members (excludes halogenated alkanes) is 2. The number of hydrogen-bond donors (Lipinski definition) is 0. The van der Waals surface area contributed by atoms with E-state index in [9.17, 15) is 0 Å². The Kier molecular flexibility index (Phi) is 7.86. The number of rotatable bonds is 5. The van der Waals surface area contributed by atoms with Gasteiger partial charge in [0.1, 0.15) is 0 Å². The van der Waals surface area contributed by atoms with Crippen LogP contribution in [0.5, 0.6) is 0 Å². The van der Waals surface area contributed by atoms with Gasteiger partial charge in [0.2, 0.25) is 0 Å². The van der Waals surface area contributed by atoms with Gasteiger partial charge in [-0.05, 0) is 13.3 Å². The van der Waals surface area contributed by atoms with Crippen LogP contribution >= 0.6 is 0 Å². The van der Waals surface area contributed by atoms with Gasteiger partial charge in [-0.2, -0.15) is 0 Å². The zero-order valence-electron chi connectivity index (χ0n) is 6.93. The van der Waals surface area contributed by atoms with E-state index in [4.69, 9.17) is 0 Å². The fourth-order valence-electron chi connectivity index (χ4n) is 0.612. The van der Waals surface area contributed by atoms with E-state index in [1.807, 2.05) is 6.92 Å². The van der Waals surface area contributed by atoms with Gasteiger partial charge in [-0.1, -0.05) is 19.8 Å². The first kappa shape index (κ1) is 9.38. The molecule has 2 heteroatoms. The fourth-order valence-corrected chi connectivity index (χ4v) is 0.612. The van der Waals surface area contributed by atoms with Gasteiger partial charge in [-0.25, -0.2) is 9.98 Å². The molecule has 0 aliphatic carbocycles. The van der Waals surface area contributed by atoms with Crippen LogP contribution in [0.25, 0.3) is 0 Å². The molecule has 0 bridgehead atoms. The van der Waals surface area contributed by atoms with Crippen LogP contribution in [0.2, 0.25) is 0 Å². The second kappa shape index (κ2) is 8.38. The van der Waals surface area contributed by atoms with E-state index in [0.717, 1.165) is 13.1 Å². The summed E-state index contributed by atoms with van der Waals surface area (Å²) in [5.41, 5.74) is 0. The Balaban J connectivity index is 3.10. The van der Waals surface area contributed by atoms with Crippen LogP contribution in [0.3, 0.4) is 0 Å². The molecule has 0 aromatic rings. The van der Waals surface area contributed by atoms with Crippen LogP contribution in [0.4, 0.5) is 0 Å². The molecule has 0 spiro atoms. The van der Waals surface area contributed by atoms with Gasteiger partial charge >= 0.3 is 0 Å². The van der Waals surface area contributed by atoms with Crippen molar-refractivity contribution in [1.29, 1.82) is 0 Å². The van der Waals surface area contributed by atoms with E-state index in [-0.39, 0.29) is 0 Å². The lowest BCUT2D eigenvalue weighted by Crippen LogP contribution is -1.78. The van der Waals surface area contributed by atoms with E-state index in [1.54, 1.807) is 0 Å². The number of aliphatic imine (C=N–C) groups is 2. The minimum Gasteiger partial charge on any atom is -0.226 e. The molecule has 0 amide bonds. The van der Waals surface area contributed by atoms with E-state index >= 15 is 0 Å². The molecule has 0 fully saturated rings. The Morgan fingerprint density at radius 1 is 1.10 bits per heavy atom. The van der Waals surface area contributed by atoms with Gasteiger partial charge in [-0.15, -0.1) is 0 Å². The molecule has 0 aromatic heterocycles. The number of hydrogen-bond acceptors (Lipinski definition) is 2. The average Bonchev–Trinajstić information content (AvgIpc) is 1.97. The van der Waals surface area contributed by atoms with Gasteiger partial charge in [0.05, 0.1) is 6.01 Å². The highest BCUT2D eigenvalue weighted by molar-refractivity contribution is 5.40. The molecule has 10 heavy (non-hydrogen) atoms. The highest BCUT2D eigenvalue weighted by atomic mass is 14.8. The fraction of sp³-hybridized carbons (Fsp3) is 0.875. The molecule has 0 aliphatic heterocycles. The molecule has 0 aliphatic rings. The first-order chi connectivity index (χ1) is 4.91. The maximum absolute atomic E-state index is 3.98. The predicted octanol–water partition coefficient (Wildman–Crippen LogP) is 2.37. The third-order valence-corrected chi connectivity index (χ3v) is 1.17. The normalized spacial score (nSPS) is 8.60. The summed E-state index contributed by atoms with van der Waals surface area (Å²) < 4.78 is 0. The lowest BCUT2D eigenvalue weighted by Gasteiger charge is -1.87. The second-order valence-electron chi connectivity index (χ2n) is 2.16. The lowest BCUT2D eigenvalue weighted by atomic mass is 10.3. The zero-order chi connectivity index (χ0) is 7.66. The Labute approximate surface area is 63.1 Å². The highest BCUT2D eigenvalue weighted by Gasteiger charge is 1.79. The molecular formula is C8H16N2. The van der Waals surface area contributed by atoms with Crippen LogP contribution in [0, 0.1) is 0 Å². The van der Waals surface area contributed by atoms with E-state index < -0.39 is 0 Å². The molecule has 0 saturated heterocycles. The van der Waals surface area contributed by atoms with Gasteiger partial charge in [0.25, 0.3) is 0 Å². The van der Waals surface area contributed by atoms with Gasteiger partial charge < -0.3 is 0 Å². The average molecular weight is 140 g/mol. The smallest absolute Gasteiger partial charge is 0.0892 e. The Morgan fingerprint density at radius 3 is 2.50 bits per heavy atom. The summed E-state index contributed by atoms with van der Waals surface area (Å²) in [7, 11) is 0. The van der Waals surface area contributed by atoms with Crippen molar-refractivity contribution >= 4 is 6.01 Å². The Bertz CT molecular complexity index is 112. The molecule has 58 valence electrons. The molecule has 0 aromatic carbocycles. The minimum absolute atomic E-state index is 0.789. The summed E-state index contributed by atoms with van der Waals surface area (Å²) in [5.74, 6) is 0. The van der Waals surface area contributed by atoms with Crippen LogP contribution in [0.15, 0.2) is 9.98 Å². The number of nitrogens with zero attached hydrogens (tertiary/aromatic N) is 2. The SMILES string of the molecule is CCCCCN=C=NCC. The van der Waals surface area contributed by atoms with Gasteiger partial charge in [0.15, 0.2) is 0 Å². The van der Waals surface area contributed by atoms with Crippen molar-refractivity contribution in [3.05, 3.63) is 0 Å². The molecule has 0 rings (SSSR count). The summed E-state index contributed by atoms with van der Waals surface area (Å²) >= 11 is 0. The van der Waals surface area contributed by atoms with Crippen LogP contribution in [0.1, 0.15) is 33.1 Å². The van der Waals surface area contributed by atoms with Crippen molar-refractivity contribution in [1.82, 2.24) is 0 Å². The van der Waals surface area contributed by atoms with Crippen molar-refractivity contribution < 1.29 is 0 Å². The van der Waals surface area contributed by atoms with Crippen molar-refractivity contribution in [3.8, 4) is 0 Å². The largest absolute Gasteiger partial charge is 0.226 e. The maximum atomic E-state index is 3.98. The predicted molar refractivity (Wildman–Crippen MR) is 44.8 cm³/mol.